The molecule has 0 radical (unpaired) electrons. The van der Waals surface area contributed by atoms with E-state index in [4.69, 9.17) is 11.6 Å². The molecule has 0 heterocycles. The van der Waals surface area contributed by atoms with Crippen LogP contribution in [0, 0.1) is 0 Å². The molecule has 1 unspecified atom stereocenters. The number of aliphatic hydroxyl groups is 1. The molecule has 1 atom stereocenters. The van der Waals surface area contributed by atoms with Gasteiger partial charge in [-0.2, -0.15) is 0 Å². The number of fused-ring (bicyclic) bond motifs is 1. The van der Waals surface area contributed by atoms with Crippen LogP contribution in [0.4, 0.5) is 0 Å². The summed E-state index contributed by atoms with van der Waals surface area (Å²) in [5.74, 6) is 0. The van der Waals surface area contributed by atoms with Crippen molar-refractivity contribution in [3.05, 3.63) is 81.3 Å². The Hall–Kier alpha value is -1.35. The largest absolute Gasteiger partial charge is 0.384 e. The zero-order chi connectivity index (χ0) is 14.1. The fourth-order valence-corrected chi connectivity index (χ4v) is 3.06. The fraction of sp³-hybridized carbons (Fsp3) is 0.0588. The van der Waals surface area contributed by atoms with Gasteiger partial charge in [0.2, 0.25) is 0 Å². The lowest BCUT2D eigenvalue weighted by Gasteiger charge is -2.15. The highest BCUT2D eigenvalue weighted by atomic mass is 79.9. The van der Waals surface area contributed by atoms with Crippen LogP contribution in [0.3, 0.4) is 0 Å². The number of halogens is 2. The minimum absolute atomic E-state index is 0.628. The van der Waals surface area contributed by atoms with E-state index in [9.17, 15) is 5.11 Å². The summed E-state index contributed by atoms with van der Waals surface area (Å²) in [4.78, 5) is 0. The number of hydrogen-bond acceptors (Lipinski definition) is 1. The van der Waals surface area contributed by atoms with Gasteiger partial charge in [0.05, 0.1) is 0 Å². The SMILES string of the molecule is OC(c1cccc(Cl)c1)c1ccc(Br)c2ccccc12. The van der Waals surface area contributed by atoms with Gasteiger partial charge in [-0.05, 0) is 40.1 Å². The summed E-state index contributed by atoms with van der Waals surface area (Å²) in [6.07, 6.45) is -0.688. The first-order valence-electron chi connectivity index (χ1n) is 6.27. The lowest BCUT2D eigenvalue weighted by atomic mass is 9.96. The van der Waals surface area contributed by atoms with Crippen molar-refractivity contribution in [3.8, 4) is 0 Å². The summed E-state index contributed by atoms with van der Waals surface area (Å²) in [6, 6.07) is 19.3. The first-order valence-corrected chi connectivity index (χ1v) is 7.44. The van der Waals surface area contributed by atoms with E-state index in [-0.39, 0.29) is 0 Å². The highest BCUT2D eigenvalue weighted by molar-refractivity contribution is 9.10. The van der Waals surface area contributed by atoms with E-state index >= 15 is 0 Å². The van der Waals surface area contributed by atoms with Gasteiger partial charge in [0.25, 0.3) is 0 Å². The molecule has 3 aromatic rings. The van der Waals surface area contributed by atoms with E-state index in [1.165, 1.54) is 0 Å². The summed E-state index contributed by atoms with van der Waals surface area (Å²) in [5, 5.41) is 13.4. The minimum atomic E-state index is -0.688. The third-order valence-corrected chi connectivity index (χ3v) is 4.29. The van der Waals surface area contributed by atoms with Crippen LogP contribution in [0.5, 0.6) is 0 Å². The Balaban J connectivity index is 2.17. The van der Waals surface area contributed by atoms with Gasteiger partial charge in [-0.1, -0.05) is 70.0 Å². The summed E-state index contributed by atoms with van der Waals surface area (Å²) in [6.45, 7) is 0. The maximum absolute atomic E-state index is 10.6. The predicted octanol–water partition coefficient (Wildman–Crippen LogP) is 5.34. The maximum Gasteiger partial charge on any atom is 0.105 e. The van der Waals surface area contributed by atoms with Gasteiger partial charge < -0.3 is 5.11 Å². The molecular weight excluding hydrogens is 336 g/mol. The van der Waals surface area contributed by atoms with Crippen LogP contribution in [0.2, 0.25) is 5.02 Å². The predicted molar refractivity (Wildman–Crippen MR) is 87.2 cm³/mol. The second kappa shape index (κ2) is 5.57. The van der Waals surface area contributed by atoms with Crippen LogP contribution in [-0.4, -0.2) is 5.11 Å². The molecule has 0 aliphatic heterocycles. The molecule has 0 fully saturated rings. The molecule has 3 aromatic carbocycles. The number of hydrogen-bond donors (Lipinski definition) is 1. The molecular formula is C17H12BrClO. The average molecular weight is 348 g/mol. The zero-order valence-corrected chi connectivity index (χ0v) is 12.9. The van der Waals surface area contributed by atoms with Crippen molar-refractivity contribution >= 4 is 38.3 Å². The summed E-state index contributed by atoms with van der Waals surface area (Å²) in [5.41, 5.74) is 1.68. The van der Waals surface area contributed by atoms with Crippen LogP contribution in [0.15, 0.2) is 65.1 Å². The Morgan fingerprint density at radius 2 is 1.65 bits per heavy atom. The number of rotatable bonds is 2. The Kier molecular flexibility index (Phi) is 3.79. The van der Waals surface area contributed by atoms with Crippen molar-refractivity contribution in [2.75, 3.05) is 0 Å². The van der Waals surface area contributed by atoms with Crippen molar-refractivity contribution < 1.29 is 5.11 Å². The Labute approximate surface area is 131 Å². The van der Waals surface area contributed by atoms with Crippen molar-refractivity contribution in [3.63, 3.8) is 0 Å². The van der Waals surface area contributed by atoms with Gasteiger partial charge in [-0.25, -0.2) is 0 Å². The summed E-state index contributed by atoms with van der Waals surface area (Å²) in [7, 11) is 0. The molecule has 0 saturated carbocycles. The van der Waals surface area contributed by atoms with Gasteiger partial charge in [0, 0.05) is 9.50 Å². The third kappa shape index (κ3) is 2.47. The molecule has 0 bridgehead atoms. The molecule has 3 heteroatoms. The topological polar surface area (TPSA) is 20.2 Å². The normalized spacial score (nSPS) is 12.6. The molecule has 100 valence electrons. The van der Waals surface area contributed by atoms with Crippen molar-refractivity contribution in [1.82, 2.24) is 0 Å². The van der Waals surface area contributed by atoms with Crippen molar-refractivity contribution in [2.45, 2.75) is 6.10 Å². The average Bonchev–Trinajstić information content (AvgIpc) is 2.47. The quantitative estimate of drug-likeness (QED) is 0.663. The van der Waals surface area contributed by atoms with Gasteiger partial charge in [0.15, 0.2) is 0 Å². The molecule has 0 aliphatic rings. The smallest absolute Gasteiger partial charge is 0.105 e. The first-order chi connectivity index (χ1) is 9.66. The van der Waals surface area contributed by atoms with Crippen molar-refractivity contribution in [1.29, 1.82) is 0 Å². The van der Waals surface area contributed by atoms with E-state index in [0.29, 0.717) is 5.02 Å². The van der Waals surface area contributed by atoms with E-state index in [1.54, 1.807) is 12.1 Å². The van der Waals surface area contributed by atoms with E-state index in [1.807, 2.05) is 48.5 Å². The maximum atomic E-state index is 10.6. The highest BCUT2D eigenvalue weighted by Gasteiger charge is 2.14. The van der Waals surface area contributed by atoms with Crippen LogP contribution in [-0.2, 0) is 0 Å². The monoisotopic (exact) mass is 346 g/mol. The van der Waals surface area contributed by atoms with Gasteiger partial charge in [-0.3, -0.25) is 0 Å². The Morgan fingerprint density at radius 3 is 2.40 bits per heavy atom. The van der Waals surface area contributed by atoms with E-state index < -0.39 is 6.10 Å². The lowest BCUT2D eigenvalue weighted by Crippen LogP contribution is -2.00. The molecule has 3 rings (SSSR count). The second-order valence-electron chi connectivity index (χ2n) is 4.64. The van der Waals surface area contributed by atoms with Gasteiger partial charge in [-0.15, -0.1) is 0 Å². The molecule has 0 amide bonds. The van der Waals surface area contributed by atoms with Crippen molar-refractivity contribution in [2.24, 2.45) is 0 Å². The third-order valence-electron chi connectivity index (χ3n) is 3.36. The molecule has 1 N–H and O–H groups in total. The minimum Gasteiger partial charge on any atom is -0.384 e. The van der Waals surface area contributed by atoms with Crippen LogP contribution in [0.25, 0.3) is 10.8 Å². The Morgan fingerprint density at radius 1 is 0.900 bits per heavy atom. The highest BCUT2D eigenvalue weighted by Crippen LogP contribution is 2.33. The number of benzene rings is 3. The standard InChI is InChI=1S/C17H12BrClO/c18-16-9-8-15(13-6-1-2-7-14(13)16)17(20)11-4-3-5-12(19)10-11/h1-10,17,20H. The van der Waals surface area contributed by atoms with Gasteiger partial charge >= 0.3 is 0 Å². The summed E-state index contributed by atoms with van der Waals surface area (Å²) < 4.78 is 1.02. The lowest BCUT2D eigenvalue weighted by molar-refractivity contribution is 0.222. The van der Waals surface area contributed by atoms with E-state index in [2.05, 4.69) is 15.9 Å². The Bertz CT molecular complexity index is 770. The molecule has 0 aromatic heterocycles. The first kappa shape index (κ1) is 13.6. The second-order valence-corrected chi connectivity index (χ2v) is 5.93. The molecule has 0 aliphatic carbocycles. The van der Waals surface area contributed by atoms with Crippen LogP contribution in [0.1, 0.15) is 17.2 Å². The number of aliphatic hydroxyl groups excluding tert-OH is 1. The zero-order valence-electron chi connectivity index (χ0n) is 10.6. The summed E-state index contributed by atoms with van der Waals surface area (Å²) >= 11 is 9.55. The molecule has 1 nitrogen and oxygen atoms in total. The molecule has 0 saturated heterocycles. The molecule has 20 heavy (non-hydrogen) atoms. The van der Waals surface area contributed by atoms with Crippen LogP contribution < -0.4 is 0 Å². The molecule has 0 spiro atoms. The van der Waals surface area contributed by atoms with Crippen LogP contribution >= 0.6 is 27.5 Å². The van der Waals surface area contributed by atoms with Gasteiger partial charge in [0.1, 0.15) is 6.10 Å². The van der Waals surface area contributed by atoms with E-state index in [0.717, 1.165) is 26.4 Å². The fourth-order valence-electron chi connectivity index (χ4n) is 2.38.